The van der Waals surface area contributed by atoms with Crippen LogP contribution in [0.5, 0.6) is 0 Å². The first kappa shape index (κ1) is 16.7. The van der Waals surface area contributed by atoms with Crippen LogP contribution in [0.2, 0.25) is 0 Å². The summed E-state index contributed by atoms with van der Waals surface area (Å²) < 4.78 is 0. The Hall–Kier alpha value is -1.35. The van der Waals surface area contributed by atoms with Gasteiger partial charge in [-0.3, -0.25) is 4.79 Å². The fourth-order valence-electron chi connectivity index (χ4n) is 2.42. The summed E-state index contributed by atoms with van der Waals surface area (Å²) in [6.07, 6.45) is 0.827. The highest BCUT2D eigenvalue weighted by atomic mass is 16.2. The number of benzene rings is 1. The third-order valence-corrected chi connectivity index (χ3v) is 3.40. The Balaban J connectivity index is 2.74. The van der Waals surface area contributed by atoms with Gasteiger partial charge in [0.2, 0.25) is 5.91 Å². The lowest BCUT2D eigenvalue weighted by molar-refractivity contribution is -0.136. The minimum Gasteiger partial charge on any atom is -0.338 e. The van der Waals surface area contributed by atoms with Gasteiger partial charge < -0.3 is 10.6 Å². The van der Waals surface area contributed by atoms with Gasteiger partial charge in [-0.15, -0.1) is 0 Å². The van der Waals surface area contributed by atoms with Gasteiger partial charge in [0.1, 0.15) is 0 Å². The standard InChI is InChI=1S/C17H28N2O/c1-5-19(13-14-9-7-6-8-10-14)16(20)15(12-18)11-17(2,3)4/h6-10,15H,5,11-13,18H2,1-4H3. The molecule has 0 heterocycles. The molecule has 1 rings (SSSR count). The van der Waals surface area contributed by atoms with Crippen molar-refractivity contribution in [3.63, 3.8) is 0 Å². The first-order valence-electron chi connectivity index (χ1n) is 7.40. The van der Waals surface area contributed by atoms with E-state index in [9.17, 15) is 4.79 Å². The van der Waals surface area contributed by atoms with E-state index in [1.807, 2.05) is 30.0 Å². The quantitative estimate of drug-likeness (QED) is 0.868. The zero-order valence-electron chi connectivity index (χ0n) is 13.2. The zero-order chi connectivity index (χ0) is 15.2. The van der Waals surface area contributed by atoms with Crippen LogP contribution in [0.3, 0.4) is 0 Å². The normalized spacial score (nSPS) is 13.1. The van der Waals surface area contributed by atoms with E-state index < -0.39 is 0 Å². The summed E-state index contributed by atoms with van der Waals surface area (Å²) in [6.45, 7) is 10.3. The monoisotopic (exact) mass is 276 g/mol. The van der Waals surface area contributed by atoms with Gasteiger partial charge in [0, 0.05) is 19.6 Å². The van der Waals surface area contributed by atoms with E-state index in [0.717, 1.165) is 12.0 Å². The first-order valence-corrected chi connectivity index (χ1v) is 7.40. The van der Waals surface area contributed by atoms with Crippen molar-refractivity contribution in [1.82, 2.24) is 4.90 Å². The molecule has 1 atom stereocenters. The van der Waals surface area contributed by atoms with Crippen LogP contribution in [0.4, 0.5) is 0 Å². The Bertz CT molecular complexity index is 409. The molecule has 2 N–H and O–H groups in total. The van der Waals surface area contributed by atoms with Gasteiger partial charge in [-0.2, -0.15) is 0 Å². The molecule has 3 nitrogen and oxygen atoms in total. The molecule has 20 heavy (non-hydrogen) atoms. The molecular weight excluding hydrogens is 248 g/mol. The van der Waals surface area contributed by atoms with E-state index in [0.29, 0.717) is 19.6 Å². The van der Waals surface area contributed by atoms with Gasteiger partial charge in [0.25, 0.3) is 0 Å². The predicted molar refractivity (Wildman–Crippen MR) is 84.1 cm³/mol. The summed E-state index contributed by atoms with van der Waals surface area (Å²) >= 11 is 0. The Morgan fingerprint density at radius 2 is 1.85 bits per heavy atom. The summed E-state index contributed by atoms with van der Waals surface area (Å²) in [7, 11) is 0. The molecule has 1 amide bonds. The second-order valence-corrected chi connectivity index (χ2v) is 6.54. The maximum atomic E-state index is 12.6. The van der Waals surface area contributed by atoms with Crippen LogP contribution in [-0.4, -0.2) is 23.9 Å². The van der Waals surface area contributed by atoms with Gasteiger partial charge >= 0.3 is 0 Å². The minimum atomic E-state index is -0.0846. The second-order valence-electron chi connectivity index (χ2n) is 6.54. The third-order valence-electron chi connectivity index (χ3n) is 3.40. The topological polar surface area (TPSA) is 46.3 Å². The Morgan fingerprint density at radius 1 is 1.25 bits per heavy atom. The molecule has 3 heteroatoms. The molecule has 112 valence electrons. The SMILES string of the molecule is CCN(Cc1ccccc1)C(=O)C(CN)CC(C)(C)C. The summed E-state index contributed by atoms with van der Waals surface area (Å²) in [4.78, 5) is 14.5. The van der Waals surface area contributed by atoms with Crippen LogP contribution in [0.1, 0.15) is 39.7 Å². The fourth-order valence-corrected chi connectivity index (χ4v) is 2.42. The van der Waals surface area contributed by atoms with E-state index in [1.54, 1.807) is 0 Å². The molecule has 1 aromatic carbocycles. The highest BCUT2D eigenvalue weighted by Crippen LogP contribution is 2.25. The Morgan fingerprint density at radius 3 is 2.30 bits per heavy atom. The van der Waals surface area contributed by atoms with E-state index >= 15 is 0 Å². The van der Waals surface area contributed by atoms with Crippen molar-refractivity contribution in [3.05, 3.63) is 35.9 Å². The van der Waals surface area contributed by atoms with Crippen LogP contribution < -0.4 is 5.73 Å². The number of nitrogens with two attached hydrogens (primary N) is 1. The number of amides is 1. The minimum absolute atomic E-state index is 0.0846. The van der Waals surface area contributed by atoms with Crippen LogP contribution in [0.15, 0.2) is 30.3 Å². The van der Waals surface area contributed by atoms with Crippen LogP contribution in [0.25, 0.3) is 0 Å². The molecule has 0 bridgehead atoms. The van der Waals surface area contributed by atoms with Crippen molar-refractivity contribution in [3.8, 4) is 0 Å². The molecule has 0 saturated heterocycles. The van der Waals surface area contributed by atoms with Crippen molar-refractivity contribution in [2.45, 2.75) is 40.7 Å². The van der Waals surface area contributed by atoms with Crippen LogP contribution in [0, 0.1) is 11.3 Å². The number of hydrogen-bond acceptors (Lipinski definition) is 2. The van der Waals surface area contributed by atoms with Crippen molar-refractivity contribution >= 4 is 5.91 Å². The first-order chi connectivity index (χ1) is 9.37. The van der Waals surface area contributed by atoms with Gasteiger partial charge in [-0.1, -0.05) is 51.1 Å². The van der Waals surface area contributed by atoms with Gasteiger partial charge in [-0.05, 0) is 24.3 Å². The summed E-state index contributed by atoms with van der Waals surface area (Å²) in [6, 6.07) is 10.1. The maximum absolute atomic E-state index is 12.6. The molecule has 0 spiro atoms. The van der Waals surface area contributed by atoms with Crippen molar-refractivity contribution in [1.29, 1.82) is 0 Å². The maximum Gasteiger partial charge on any atom is 0.227 e. The molecule has 1 unspecified atom stereocenters. The molecule has 0 saturated carbocycles. The fraction of sp³-hybridized carbons (Fsp3) is 0.588. The molecule has 0 aromatic heterocycles. The van der Waals surface area contributed by atoms with Crippen LogP contribution in [-0.2, 0) is 11.3 Å². The molecule has 0 radical (unpaired) electrons. The Labute approximate surface area is 123 Å². The number of nitrogens with zero attached hydrogens (tertiary/aromatic N) is 1. The van der Waals surface area contributed by atoms with Gasteiger partial charge in [0.15, 0.2) is 0 Å². The number of rotatable bonds is 6. The van der Waals surface area contributed by atoms with Gasteiger partial charge in [0.05, 0.1) is 5.92 Å². The summed E-state index contributed by atoms with van der Waals surface area (Å²) in [5.74, 6) is 0.0902. The zero-order valence-corrected chi connectivity index (χ0v) is 13.2. The van der Waals surface area contributed by atoms with Gasteiger partial charge in [-0.25, -0.2) is 0 Å². The largest absolute Gasteiger partial charge is 0.338 e. The highest BCUT2D eigenvalue weighted by Gasteiger charge is 2.27. The van der Waals surface area contributed by atoms with E-state index in [1.165, 1.54) is 0 Å². The van der Waals surface area contributed by atoms with E-state index in [4.69, 9.17) is 5.73 Å². The number of carbonyl (C=O) groups is 1. The van der Waals surface area contributed by atoms with Crippen LogP contribution >= 0.6 is 0 Å². The lowest BCUT2D eigenvalue weighted by Gasteiger charge is -2.29. The average Bonchev–Trinajstić information content (AvgIpc) is 2.41. The molecule has 0 aliphatic carbocycles. The molecular formula is C17H28N2O. The molecule has 0 fully saturated rings. The smallest absolute Gasteiger partial charge is 0.227 e. The van der Waals surface area contributed by atoms with E-state index in [2.05, 4.69) is 32.9 Å². The molecule has 0 aliphatic heterocycles. The second kappa shape index (κ2) is 7.44. The summed E-state index contributed by atoms with van der Waals surface area (Å²) in [5, 5.41) is 0. The number of hydrogen-bond donors (Lipinski definition) is 1. The van der Waals surface area contributed by atoms with Crippen molar-refractivity contribution < 1.29 is 4.79 Å². The summed E-state index contributed by atoms with van der Waals surface area (Å²) in [5.41, 5.74) is 7.10. The lowest BCUT2D eigenvalue weighted by atomic mass is 9.84. The predicted octanol–water partition coefficient (Wildman–Crippen LogP) is 3.05. The molecule has 0 aliphatic rings. The van der Waals surface area contributed by atoms with E-state index in [-0.39, 0.29) is 17.2 Å². The number of carbonyl (C=O) groups excluding carboxylic acids is 1. The average molecular weight is 276 g/mol. The van der Waals surface area contributed by atoms with Crippen molar-refractivity contribution in [2.24, 2.45) is 17.1 Å². The van der Waals surface area contributed by atoms with Crippen molar-refractivity contribution in [2.75, 3.05) is 13.1 Å². The highest BCUT2D eigenvalue weighted by molar-refractivity contribution is 5.79. The molecule has 1 aromatic rings. The Kier molecular flexibility index (Phi) is 6.21. The third kappa shape index (κ3) is 5.33. The lowest BCUT2D eigenvalue weighted by Crippen LogP contribution is -2.40.